The molecule has 0 saturated heterocycles. The van der Waals surface area contributed by atoms with E-state index in [1.165, 1.54) is 0 Å². The van der Waals surface area contributed by atoms with E-state index >= 15 is 0 Å². The number of ether oxygens (including phenoxy) is 1. The quantitative estimate of drug-likeness (QED) is 0.651. The van der Waals surface area contributed by atoms with E-state index in [4.69, 9.17) is 15.6 Å². The average molecular weight is 268 g/mol. The molecule has 0 aliphatic carbocycles. The Kier molecular flexibility index (Phi) is 4.68. The number of anilines is 2. The van der Waals surface area contributed by atoms with Gasteiger partial charge in [0.05, 0.1) is 18.6 Å². The molecule has 0 aliphatic rings. The molecule has 4 N–H and O–H groups in total. The maximum Gasteiger partial charge on any atom is 0.223 e. The van der Waals surface area contributed by atoms with Crippen LogP contribution in [0, 0.1) is 0 Å². The molecular formula is C11H16N4O2S. The predicted octanol–water partition coefficient (Wildman–Crippen LogP) is 1.08. The second kappa shape index (κ2) is 6.48. The van der Waals surface area contributed by atoms with Gasteiger partial charge in [-0.15, -0.1) is 11.3 Å². The SMILES string of the molecule is Nc1nc(NCCCOCCO)c2ccsc2n1. The number of rotatable bonds is 7. The number of thiophene rings is 1. The third-order valence-electron chi connectivity index (χ3n) is 2.34. The van der Waals surface area contributed by atoms with Crippen LogP contribution in [0.25, 0.3) is 10.2 Å². The van der Waals surface area contributed by atoms with Crippen LogP contribution in [0.1, 0.15) is 6.42 Å². The number of aliphatic hydroxyl groups is 1. The minimum atomic E-state index is 0.0609. The molecule has 0 amide bonds. The highest BCUT2D eigenvalue weighted by Crippen LogP contribution is 2.25. The first-order chi connectivity index (χ1) is 8.81. The Balaban J connectivity index is 1.89. The minimum Gasteiger partial charge on any atom is -0.394 e. The Morgan fingerprint density at radius 2 is 2.28 bits per heavy atom. The van der Waals surface area contributed by atoms with Gasteiger partial charge in [0.25, 0.3) is 0 Å². The molecule has 0 bridgehead atoms. The lowest BCUT2D eigenvalue weighted by molar-refractivity contribution is 0.0922. The molecule has 0 unspecified atom stereocenters. The smallest absolute Gasteiger partial charge is 0.223 e. The van der Waals surface area contributed by atoms with Crippen LogP contribution in [0.5, 0.6) is 0 Å². The highest BCUT2D eigenvalue weighted by molar-refractivity contribution is 7.16. The Hall–Kier alpha value is -1.44. The van der Waals surface area contributed by atoms with E-state index in [-0.39, 0.29) is 12.6 Å². The summed E-state index contributed by atoms with van der Waals surface area (Å²) in [6.07, 6.45) is 0.843. The Bertz CT molecular complexity index is 503. The number of fused-ring (bicyclic) bond motifs is 1. The summed E-state index contributed by atoms with van der Waals surface area (Å²) in [5.41, 5.74) is 5.65. The molecule has 2 aromatic heterocycles. The van der Waals surface area contributed by atoms with Crippen LogP contribution in [-0.2, 0) is 4.74 Å². The van der Waals surface area contributed by atoms with Gasteiger partial charge in [-0.05, 0) is 17.9 Å². The van der Waals surface area contributed by atoms with Crippen molar-refractivity contribution in [3.8, 4) is 0 Å². The van der Waals surface area contributed by atoms with Crippen molar-refractivity contribution in [2.24, 2.45) is 0 Å². The average Bonchev–Trinajstić information content (AvgIpc) is 2.81. The first-order valence-electron chi connectivity index (χ1n) is 5.74. The molecule has 0 spiro atoms. The molecule has 18 heavy (non-hydrogen) atoms. The summed E-state index contributed by atoms with van der Waals surface area (Å²) in [6, 6.07) is 1.98. The van der Waals surface area contributed by atoms with Crippen molar-refractivity contribution < 1.29 is 9.84 Å². The fourth-order valence-electron chi connectivity index (χ4n) is 1.55. The van der Waals surface area contributed by atoms with E-state index < -0.39 is 0 Å². The van der Waals surface area contributed by atoms with E-state index in [2.05, 4.69) is 15.3 Å². The molecule has 0 aliphatic heterocycles. The Labute approximate surface area is 109 Å². The molecule has 2 aromatic rings. The topological polar surface area (TPSA) is 93.3 Å². The van der Waals surface area contributed by atoms with Crippen molar-refractivity contribution >= 4 is 33.3 Å². The second-order valence-electron chi connectivity index (χ2n) is 3.69. The minimum absolute atomic E-state index is 0.0609. The summed E-state index contributed by atoms with van der Waals surface area (Å²) in [4.78, 5) is 9.24. The number of nitrogens with one attached hydrogen (secondary N) is 1. The van der Waals surface area contributed by atoms with E-state index in [0.717, 1.165) is 29.0 Å². The predicted molar refractivity (Wildman–Crippen MR) is 72.8 cm³/mol. The van der Waals surface area contributed by atoms with Crippen LogP contribution in [0.2, 0.25) is 0 Å². The van der Waals surface area contributed by atoms with Gasteiger partial charge in [0.15, 0.2) is 0 Å². The molecule has 0 radical (unpaired) electrons. The number of nitrogen functional groups attached to an aromatic ring is 1. The first kappa shape index (κ1) is 13.0. The van der Waals surface area contributed by atoms with Gasteiger partial charge in [-0.1, -0.05) is 0 Å². The zero-order valence-corrected chi connectivity index (χ0v) is 10.7. The van der Waals surface area contributed by atoms with E-state index in [9.17, 15) is 0 Å². The lowest BCUT2D eigenvalue weighted by Gasteiger charge is -2.07. The lowest BCUT2D eigenvalue weighted by atomic mass is 10.3. The number of nitrogens with zero attached hydrogens (tertiary/aromatic N) is 2. The van der Waals surface area contributed by atoms with E-state index in [1.54, 1.807) is 11.3 Å². The van der Waals surface area contributed by atoms with Crippen LogP contribution in [0.4, 0.5) is 11.8 Å². The fourth-order valence-corrected chi connectivity index (χ4v) is 2.33. The van der Waals surface area contributed by atoms with Gasteiger partial charge in [0.1, 0.15) is 10.6 Å². The third-order valence-corrected chi connectivity index (χ3v) is 3.14. The number of aliphatic hydroxyl groups excluding tert-OH is 1. The lowest BCUT2D eigenvalue weighted by Crippen LogP contribution is -2.09. The van der Waals surface area contributed by atoms with Crippen molar-refractivity contribution in [2.75, 3.05) is 37.4 Å². The van der Waals surface area contributed by atoms with Crippen molar-refractivity contribution in [3.63, 3.8) is 0 Å². The van der Waals surface area contributed by atoms with Gasteiger partial charge >= 0.3 is 0 Å². The fraction of sp³-hybridized carbons (Fsp3) is 0.455. The maximum absolute atomic E-state index is 8.56. The van der Waals surface area contributed by atoms with Gasteiger partial charge in [0.2, 0.25) is 5.95 Å². The van der Waals surface area contributed by atoms with Crippen molar-refractivity contribution in [2.45, 2.75) is 6.42 Å². The van der Waals surface area contributed by atoms with Gasteiger partial charge < -0.3 is 20.9 Å². The first-order valence-corrected chi connectivity index (χ1v) is 6.62. The van der Waals surface area contributed by atoms with Crippen molar-refractivity contribution in [3.05, 3.63) is 11.4 Å². The monoisotopic (exact) mass is 268 g/mol. The number of aromatic nitrogens is 2. The molecule has 7 heteroatoms. The van der Waals surface area contributed by atoms with Crippen LogP contribution in [0.3, 0.4) is 0 Å². The van der Waals surface area contributed by atoms with Crippen LogP contribution in [-0.4, -0.2) is 41.4 Å². The third kappa shape index (κ3) is 3.28. The zero-order valence-electron chi connectivity index (χ0n) is 9.93. The summed E-state index contributed by atoms with van der Waals surface area (Å²) in [5, 5.41) is 14.7. The van der Waals surface area contributed by atoms with Crippen LogP contribution in [0.15, 0.2) is 11.4 Å². The molecule has 0 saturated carbocycles. The molecule has 2 heterocycles. The Morgan fingerprint density at radius 1 is 1.39 bits per heavy atom. The molecular weight excluding hydrogens is 252 g/mol. The molecule has 0 fully saturated rings. The number of nitrogens with two attached hydrogens (primary N) is 1. The Morgan fingerprint density at radius 3 is 3.11 bits per heavy atom. The summed E-state index contributed by atoms with van der Waals surface area (Å²) in [7, 11) is 0. The maximum atomic E-state index is 8.56. The number of hydrogen-bond donors (Lipinski definition) is 3. The van der Waals surface area contributed by atoms with Gasteiger partial charge in [-0.3, -0.25) is 0 Å². The van der Waals surface area contributed by atoms with E-state index in [0.29, 0.717) is 13.2 Å². The molecule has 6 nitrogen and oxygen atoms in total. The molecule has 0 atom stereocenters. The second-order valence-corrected chi connectivity index (χ2v) is 4.58. The summed E-state index contributed by atoms with van der Waals surface area (Å²) in [5.74, 6) is 1.05. The molecule has 2 rings (SSSR count). The standard InChI is InChI=1S/C11H16N4O2S/c12-11-14-9(8-2-7-18-10(8)15-11)13-3-1-5-17-6-4-16/h2,7,16H,1,3-6H2,(H3,12,13,14,15). The highest BCUT2D eigenvalue weighted by atomic mass is 32.1. The highest BCUT2D eigenvalue weighted by Gasteiger charge is 2.06. The van der Waals surface area contributed by atoms with E-state index in [1.807, 2.05) is 11.4 Å². The molecule has 98 valence electrons. The van der Waals surface area contributed by atoms with Gasteiger partial charge in [0, 0.05) is 13.2 Å². The summed E-state index contributed by atoms with van der Waals surface area (Å²) >= 11 is 1.54. The molecule has 0 aromatic carbocycles. The summed E-state index contributed by atoms with van der Waals surface area (Å²) in [6.45, 7) is 1.80. The van der Waals surface area contributed by atoms with Crippen LogP contribution >= 0.6 is 11.3 Å². The summed E-state index contributed by atoms with van der Waals surface area (Å²) < 4.78 is 5.17. The van der Waals surface area contributed by atoms with Crippen LogP contribution < -0.4 is 11.1 Å². The largest absolute Gasteiger partial charge is 0.394 e. The number of hydrogen-bond acceptors (Lipinski definition) is 7. The van der Waals surface area contributed by atoms with Crippen molar-refractivity contribution in [1.82, 2.24) is 9.97 Å². The van der Waals surface area contributed by atoms with Crippen molar-refractivity contribution in [1.29, 1.82) is 0 Å². The van der Waals surface area contributed by atoms with Gasteiger partial charge in [-0.25, -0.2) is 4.98 Å². The zero-order chi connectivity index (χ0) is 12.8. The van der Waals surface area contributed by atoms with Gasteiger partial charge in [-0.2, -0.15) is 4.98 Å². The normalized spacial score (nSPS) is 10.9.